The van der Waals surface area contributed by atoms with Crippen LogP contribution < -0.4 is 10.6 Å². The van der Waals surface area contributed by atoms with E-state index in [1.165, 1.54) is 0 Å². The molecule has 84 valence electrons. The van der Waals surface area contributed by atoms with Crippen molar-refractivity contribution in [2.45, 2.75) is 13.0 Å². The van der Waals surface area contributed by atoms with Crippen LogP contribution in [-0.2, 0) is 0 Å². The van der Waals surface area contributed by atoms with Crippen molar-refractivity contribution in [3.05, 3.63) is 29.6 Å². The van der Waals surface area contributed by atoms with Crippen molar-refractivity contribution >= 4 is 5.91 Å². The van der Waals surface area contributed by atoms with E-state index in [0.29, 0.717) is 23.4 Å². The van der Waals surface area contributed by atoms with Crippen LogP contribution in [0.15, 0.2) is 18.5 Å². The first kappa shape index (κ1) is 9.78. The molecule has 2 fully saturated rings. The van der Waals surface area contributed by atoms with Gasteiger partial charge in [-0.05, 0) is 30.4 Å². The number of rotatable bonds is 2. The van der Waals surface area contributed by atoms with E-state index in [2.05, 4.69) is 15.6 Å². The van der Waals surface area contributed by atoms with E-state index in [4.69, 9.17) is 0 Å². The topological polar surface area (TPSA) is 54.0 Å². The molecule has 0 bridgehead atoms. The van der Waals surface area contributed by atoms with Crippen LogP contribution in [0.1, 0.15) is 15.9 Å². The van der Waals surface area contributed by atoms with Gasteiger partial charge in [-0.25, -0.2) is 0 Å². The third kappa shape index (κ3) is 1.59. The average Bonchev–Trinajstić information content (AvgIpc) is 2.74. The fourth-order valence-corrected chi connectivity index (χ4v) is 2.55. The zero-order chi connectivity index (χ0) is 11.1. The number of nitrogens with zero attached hydrogens (tertiary/aromatic N) is 1. The maximum Gasteiger partial charge on any atom is 0.253 e. The molecule has 2 N–H and O–H groups in total. The molecule has 1 aromatic heterocycles. The number of carbonyl (C=O) groups is 1. The Kier molecular flexibility index (Phi) is 2.17. The minimum absolute atomic E-state index is 0.00981. The fraction of sp³-hybridized carbons (Fsp3) is 0.500. The van der Waals surface area contributed by atoms with Gasteiger partial charge in [-0.1, -0.05) is 0 Å². The number of fused-ring (bicyclic) bond motifs is 1. The summed E-state index contributed by atoms with van der Waals surface area (Å²) in [6.07, 6.45) is 3.38. The number of aromatic nitrogens is 1. The maximum atomic E-state index is 11.9. The van der Waals surface area contributed by atoms with Crippen LogP contribution in [-0.4, -0.2) is 30.0 Å². The Balaban J connectivity index is 1.66. The van der Waals surface area contributed by atoms with Gasteiger partial charge >= 0.3 is 0 Å². The molecule has 2 heterocycles. The van der Waals surface area contributed by atoms with Gasteiger partial charge < -0.3 is 10.6 Å². The van der Waals surface area contributed by atoms with Crippen molar-refractivity contribution in [3.8, 4) is 0 Å². The number of pyridine rings is 1. The Hall–Kier alpha value is -1.42. The zero-order valence-corrected chi connectivity index (χ0v) is 9.23. The lowest BCUT2D eigenvalue weighted by Crippen LogP contribution is -2.32. The van der Waals surface area contributed by atoms with E-state index in [9.17, 15) is 4.79 Å². The molecular formula is C12H15N3O. The second-order valence-corrected chi connectivity index (χ2v) is 4.74. The van der Waals surface area contributed by atoms with E-state index in [1.54, 1.807) is 12.4 Å². The van der Waals surface area contributed by atoms with Gasteiger partial charge in [0, 0.05) is 31.5 Å². The predicted molar refractivity (Wildman–Crippen MR) is 60.1 cm³/mol. The Bertz CT molecular complexity index is 422. The largest absolute Gasteiger partial charge is 0.349 e. The van der Waals surface area contributed by atoms with Crippen molar-refractivity contribution in [1.82, 2.24) is 15.6 Å². The zero-order valence-electron chi connectivity index (χ0n) is 9.23. The van der Waals surface area contributed by atoms with Gasteiger partial charge in [0.05, 0.1) is 5.56 Å². The Labute approximate surface area is 94.5 Å². The van der Waals surface area contributed by atoms with E-state index in [1.807, 2.05) is 13.0 Å². The first-order chi connectivity index (χ1) is 7.75. The summed E-state index contributed by atoms with van der Waals surface area (Å²) in [6.45, 7) is 4.03. The monoisotopic (exact) mass is 217 g/mol. The molecule has 2 unspecified atom stereocenters. The molecule has 2 aliphatic rings. The molecular weight excluding hydrogens is 202 g/mol. The maximum absolute atomic E-state index is 11.9. The Morgan fingerprint density at radius 3 is 2.88 bits per heavy atom. The summed E-state index contributed by atoms with van der Waals surface area (Å²) >= 11 is 0. The third-order valence-electron chi connectivity index (χ3n) is 3.53. The molecule has 4 heteroatoms. The lowest BCUT2D eigenvalue weighted by atomic mass is 10.2. The van der Waals surface area contributed by atoms with Crippen LogP contribution in [0.3, 0.4) is 0 Å². The van der Waals surface area contributed by atoms with Crippen molar-refractivity contribution in [2.24, 2.45) is 11.8 Å². The highest BCUT2D eigenvalue weighted by Gasteiger charge is 2.53. The second-order valence-electron chi connectivity index (χ2n) is 4.74. The average molecular weight is 217 g/mol. The smallest absolute Gasteiger partial charge is 0.253 e. The van der Waals surface area contributed by atoms with E-state index >= 15 is 0 Å². The molecule has 1 saturated carbocycles. The second kappa shape index (κ2) is 3.56. The molecule has 0 spiro atoms. The summed E-state index contributed by atoms with van der Waals surface area (Å²) in [7, 11) is 0. The van der Waals surface area contributed by atoms with Gasteiger partial charge in [-0.2, -0.15) is 0 Å². The summed E-state index contributed by atoms with van der Waals surface area (Å²) in [5.41, 5.74) is 1.68. The molecule has 16 heavy (non-hydrogen) atoms. The molecule has 0 radical (unpaired) electrons. The van der Waals surface area contributed by atoms with E-state index < -0.39 is 0 Å². The molecule has 1 aliphatic heterocycles. The van der Waals surface area contributed by atoms with Crippen molar-refractivity contribution in [1.29, 1.82) is 0 Å². The summed E-state index contributed by atoms with van der Waals surface area (Å²) in [6, 6.07) is 2.26. The molecule has 1 amide bonds. The first-order valence-corrected chi connectivity index (χ1v) is 5.69. The summed E-state index contributed by atoms with van der Waals surface area (Å²) < 4.78 is 0. The van der Waals surface area contributed by atoms with Crippen LogP contribution >= 0.6 is 0 Å². The van der Waals surface area contributed by atoms with Gasteiger partial charge in [0.15, 0.2) is 0 Å². The highest BCUT2D eigenvalue weighted by molar-refractivity contribution is 5.94. The van der Waals surface area contributed by atoms with Crippen LogP contribution in [0.4, 0.5) is 0 Å². The molecule has 1 saturated heterocycles. The van der Waals surface area contributed by atoms with Gasteiger partial charge in [-0.15, -0.1) is 0 Å². The predicted octanol–water partition coefficient (Wildman–Crippen LogP) is 0.338. The third-order valence-corrected chi connectivity index (χ3v) is 3.53. The van der Waals surface area contributed by atoms with Crippen molar-refractivity contribution in [3.63, 3.8) is 0 Å². The summed E-state index contributed by atoms with van der Waals surface area (Å²) in [4.78, 5) is 15.9. The van der Waals surface area contributed by atoms with E-state index in [0.717, 1.165) is 18.7 Å². The quantitative estimate of drug-likeness (QED) is 0.751. The van der Waals surface area contributed by atoms with Crippen molar-refractivity contribution in [2.75, 3.05) is 13.1 Å². The lowest BCUT2D eigenvalue weighted by molar-refractivity contribution is 0.0946. The minimum atomic E-state index is 0.00981. The molecule has 0 aromatic carbocycles. The number of hydrogen-bond acceptors (Lipinski definition) is 3. The number of amides is 1. The number of aryl methyl sites for hydroxylation is 1. The summed E-state index contributed by atoms with van der Waals surface area (Å²) in [5.74, 6) is 1.32. The van der Waals surface area contributed by atoms with Gasteiger partial charge in [0.25, 0.3) is 5.91 Å². The summed E-state index contributed by atoms with van der Waals surface area (Å²) in [5, 5.41) is 6.39. The van der Waals surface area contributed by atoms with Crippen LogP contribution in [0.2, 0.25) is 0 Å². The SMILES string of the molecule is Cc1cncc(C(=O)NC2C3CNCC32)c1. The van der Waals surface area contributed by atoms with E-state index in [-0.39, 0.29) is 5.91 Å². The molecule has 1 aliphatic carbocycles. The Morgan fingerprint density at radius 2 is 2.19 bits per heavy atom. The highest BCUT2D eigenvalue weighted by Crippen LogP contribution is 2.41. The first-order valence-electron chi connectivity index (χ1n) is 5.69. The molecule has 3 rings (SSSR count). The normalized spacial score (nSPS) is 30.9. The van der Waals surface area contributed by atoms with Crippen LogP contribution in [0, 0.1) is 18.8 Å². The number of hydrogen-bond donors (Lipinski definition) is 2. The standard InChI is InChI=1S/C12H15N3O/c1-7-2-8(4-13-3-7)12(16)15-11-9-5-14-6-10(9)11/h2-4,9-11,14H,5-6H2,1H3,(H,15,16). The Morgan fingerprint density at radius 1 is 1.44 bits per heavy atom. The molecule has 2 atom stereocenters. The van der Waals surface area contributed by atoms with Crippen LogP contribution in [0.5, 0.6) is 0 Å². The van der Waals surface area contributed by atoms with Gasteiger partial charge in [-0.3, -0.25) is 9.78 Å². The fourth-order valence-electron chi connectivity index (χ4n) is 2.55. The molecule has 1 aromatic rings. The van der Waals surface area contributed by atoms with Crippen LogP contribution in [0.25, 0.3) is 0 Å². The minimum Gasteiger partial charge on any atom is -0.349 e. The van der Waals surface area contributed by atoms with Crippen molar-refractivity contribution < 1.29 is 4.79 Å². The lowest BCUT2D eigenvalue weighted by Gasteiger charge is -2.07. The molecule has 4 nitrogen and oxygen atoms in total. The van der Waals surface area contributed by atoms with Gasteiger partial charge in [0.1, 0.15) is 0 Å². The number of nitrogens with one attached hydrogen (secondary N) is 2. The number of piperidine rings is 1. The highest BCUT2D eigenvalue weighted by atomic mass is 16.1. The van der Waals surface area contributed by atoms with Gasteiger partial charge in [0.2, 0.25) is 0 Å². The number of carbonyl (C=O) groups excluding carboxylic acids is 1.